The predicted molar refractivity (Wildman–Crippen MR) is 83.5 cm³/mol. The van der Waals surface area contributed by atoms with Crippen LogP contribution in [0.2, 0.25) is 0 Å². The average Bonchev–Trinajstić information content (AvgIpc) is 2.56. The van der Waals surface area contributed by atoms with Crippen LogP contribution in [0, 0.1) is 0 Å². The van der Waals surface area contributed by atoms with Gasteiger partial charge in [-0.3, -0.25) is 0 Å². The van der Waals surface area contributed by atoms with E-state index in [-0.39, 0.29) is 0 Å². The molecule has 0 spiro atoms. The molecule has 3 rings (SSSR count). The molecule has 0 saturated carbocycles. The fraction of sp³-hybridized carbons (Fsp3) is 0.375. The number of aliphatic hydroxyl groups is 1. The van der Waals surface area contributed by atoms with Crippen LogP contribution in [0.25, 0.3) is 0 Å². The van der Waals surface area contributed by atoms with Gasteiger partial charge in [0.25, 0.3) is 0 Å². The minimum atomic E-state index is -0.465. The second kappa shape index (κ2) is 6.10. The molecule has 0 bridgehead atoms. The molecule has 5 heteroatoms. The standard InChI is InChI=1S/C16H20N4O/c1-13(21)14-5-6-16(18-12-14)20-10-8-19(9-11-20)15-4-2-3-7-17-15/h2-7,12-13,21H,8-11H2,1H3/t13-/m0/s1. The molecule has 2 aromatic heterocycles. The summed E-state index contributed by atoms with van der Waals surface area (Å²) in [6.45, 7) is 5.49. The van der Waals surface area contributed by atoms with Gasteiger partial charge in [-0.1, -0.05) is 12.1 Å². The minimum absolute atomic E-state index is 0.465. The Morgan fingerprint density at radius 1 is 0.952 bits per heavy atom. The molecule has 1 saturated heterocycles. The lowest BCUT2D eigenvalue weighted by Crippen LogP contribution is -2.47. The second-order valence-electron chi connectivity index (χ2n) is 5.29. The molecule has 0 radical (unpaired) electrons. The Morgan fingerprint density at radius 2 is 1.62 bits per heavy atom. The molecule has 2 aromatic rings. The van der Waals surface area contributed by atoms with Crippen LogP contribution in [0.15, 0.2) is 42.7 Å². The number of hydrogen-bond donors (Lipinski definition) is 1. The summed E-state index contributed by atoms with van der Waals surface area (Å²) in [7, 11) is 0. The van der Waals surface area contributed by atoms with Gasteiger partial charge in [0, 0.05) is 38.6 Å². The Kier molecular flexibility index (Phi) is 4.01. The van der Waals surface area contributed by atoms with Crippen LogP contribution in [0.4, 0.5) is 11.6 Å². The maximum atomic E-state index is 9.52. The third-order valence-corrected chi connectivity index (χ3v) is 3.83. The summed E-state index contributed by atoms with van der Waals surface area (Å²) in [5.74, 6) is 2.01. The van der Waals surface area contributed by atoms with Crippen LogP contribution in [0.3, 0.4) is 0 Å². The summed E-state index contributed by atoms with van der Waals surface area (Å²) in [5.41, 5.74) is 0.853. The summed E-state index contributed by atoms with van der Waals surface area (Å²) in [6, 6.07) is 9.93. The first-order valence-corrected chi connectivity index (χ1v) is 7.29. The van der Waals surface area contributed by atoms with E-state index in [4.69, 9.17) is 0 Å². The second-order valence-corrected chi connectivity index (χ2v) is 5.29. The summed E-state index contributed by atoms with van der Waals surface area (Å²) >= 11 is 0. The van der Waals surface area contributed by atoms with E-state index >= 15 is 0 Å². The van der Waals surface area contributed by atoms with E-state index in [1.54, 1.807) is 13.1 Å². The Morgan fingerprint density at radius 3 is 2.10 bits per heavy atom. The average molecular weight is 284 g/mol. The maximum Gasteiger partial charge on any atom is 0.128 e. The maximum absolute atomic E-state index is 9.52. The minimum Gasteiger partial charge on any atom is -0.389 e. The molecule has 1 atom stereocenters. The van der Waals surface area contributed by atoms with Crippen molar-refractivity contribution in [2.24, 2.45) is 0 Å². The fourth-order valence-corrected chi connectivity index (χ4v) is 2.54. The highest BCUT2D eigenvalue weighted by atomic mass is 16.3. The van der Waals surface area contributed by atoms with E-state index in [0.29, 0.717) is 0 Å². The van der Waals surface area contributed by atoms with E-state index < -0.39 is 6.10 Å². The van der Waals surface area contributed by atoms with E-state index in [0.717, 1.165) is 43.4 Å². The van der Waals surface area contributed by atoms with Crippen molar-refractivity contribution < 1.29 is 5.11 Å². The Balaban J connectivity index is 1.63. The van der Waals surface area contributed by atoms with E-state index in [2.05, 4.69) is 19.8 Å². The van der Waals surface area contributed by atoms with Crippen LogP contribution in [-0.2, 0) is 0 Å². The van der Waals surface area contributed by atoms with Crippen LogP contribution in [0.1, 0.15) is 18.6 Å². The normalized spacial score (nSPS) is 16.9. The molecule has 0 amide bonds. The van der Waals surface area contributed by atoms with Gasteiger partial charge in [-0.25, -0.2) is 9.97 Å². The van der Waals surface area contributed by atoms with Crippen molar-refractivity contribution in [3.63, 3.8) is 0 Å². The molecule has 1 aliphatic rings. The van der Waals surface area contributed by atoms with Gasteiger partial charge in [0.15, 0.2) is 0 Å². The molecule has 0 unspecified atom stereocenters. The number of piperazine rings is 1. The smallest absolute Gasteiger partial charge is 0.128 e. The third-order valence-electron chi connectivity index (χ3n) is 3.83. The van der Waals surface area contributed by atoms with Crippen LogP contribution in [0.5, 0.6) is 0 Å². The number of aliphatic hydroxyl groups excluding tert-OH is 1. The lowest BCUT2D eigenvalue weighted by atomic mass is 10.2. The summed E-state index contributed by atoms with van der Waals surface area (Å²) in [6.07, 6.45) is 3.12. The van der Waals surface area contributed by atoms with Crippen molar-refractivity contribution in [1.29, 1.82) is 0 Å². The third kappa shape index (κ3) is 3.13. The SMILES string of the molecule is C[C@H](O)c1ccc(N2CCN(c3ccccn3)CC2)nc1. The molecule has 1 fully saturated rings. The molecule has 5 nitrogen and oxygen atoms in total. The number of pyridine rings is 2. The highest BCUT2D eigenvalue weighted by Crippen LogP contribution is 2.19. The number of nitrogens with zero attached hydrogens (tertiary/aromatic N) is 4. The van der Waals surface area contributed by atoms with Gasteiger partial charge in [0.2, 0.25) is 0 Å². The molecular formula is C16H20N4O. The Labute approximate surface area is 124 Å². The largest absolute Gasteiger partial charge is 0.389 e. The van der Waals surface area contributed by atoms with Gasteiger partial charge < -0.3 is 14.9 Å². The quantitative estimate of drug-likeness (QED) is 0.932. The first-order valence-electron chi connectivity index (χ1n) is 7.29. The zero-order chi connectivity index (χ0) is 14.7. The van der Waals surface area contributed by atoms with Crippen LogP contribution < -0.4 is 9.80 Å². The molecule has 1 N–H and O–H groups in total. The van der Waals surface area contributed by atoms with E-state index in [9.17, 15) is 5.11 Å². The van der Waals surface area contributed by atoms with Crippen molar-refractivity contribution in [2.45, 2.75) is 13.0 Å². The number of hydrogen-bond acceptors (Lipinski definition) is 5. The highest BCUT2D eigenvalue weighted by Gasteiger charge is 2.18. The van der Waals surface area contributed by atoms with Gasteiger partial charge >= 0.3 is 0 Å². The summed E-state index contributed by atoms with van der Waals surface area (Å²) in [5, 5.41) is 9.52. The van der Waals surface area contributed by atoms with E-state index in [1.807, 2.05) is 36.5 Å². The van der Waals surface area contributed by atoms with E-state index in [1.165, 1.54) is 0 Å². The topological polar surface area (TPSA) is 52.5 Å². The van der Waals surface area contributed by atoms with Crippen LogP contribution >= 0.6 is 0 Å². The molecule has 0 aliphatic carbocycles. The van der Waals surface area contributed by atoms with Gasteiger partial charge in [0.1, 0.15) is 11.6 Å². The molecule has 0 aromatic carbocycles. The van der Waals surface area contributed by atoms with Crippen LogP contribution in [-0.4, -0.2) is 41.3 Å². The number of rotatable bonds is 3. The zero-order valence-electron chi connectivity index (χ0n) is 12.2. The Bertz CT molecular complexity index is 563. The molecule has 3 heterocycles. The molecular weight excluding hydrogens is 264 g/mol. The Hall–Kier alpha value is -2.14. The van der Waals surface area contributed by atoms with Crippen molar-refractivity contribution in [2.75, 3.05) is 36.0 Å². The lowest BCUT2D eigenvalue weighted by molar-refractivity contribution is 0.199. The molecule has 21 heavy (non-hydrogen) atoms. The monoisotopic (exact) mass is 284 g/mol. The number of aromatic nitrogens is 2. The first kappa shape index (κ1) is 13.8. The van der Waals surface area contributed by atoms with Gasteiger partial charge in [-0.15, -0.1) is 0 Å². The highest BCUT2D eigenvalue weighted by molar-refractivity contribution is 5.45. The molecule has 110 valence electrons. The predicted octanol–water partition coefficient (Wildman–Crippen LogP) is 1.86. The van der Waals surface area contributed by atoms with Crippen molar-refractivity contribution >= 4 is 11.6 Å². The summed E-state index contributed by atoms with van der Waals surface area (Å²) < 4.78 is 0. The van der Waals surface area contributed by atoms with Crippen molar-refractivity contribution in [1.82, 2.24) is 9.97 Å². The van der Waals surface area contributed by atoms with Crippen molar-refractivity contribution in [3.8, 4) is 0 Å². The zero-order valence-corrected chi connectivity index (χ0v) is 12.2. The van der Waals surface area contributed by atoms with Crippen molar-refractivity contribution in [3.05, 3.63) is 48.3 Å². The van der Waals surface area contributed by atoms with Gasteiger partial charge in [0.05, 0.1) is 6.10 Å². The first-order chi connectivity index (χ1) is 10.2. The molecule has 1 aliphatic heterocycles. The number of anilines is 2. The summed E-state index contributed by atoms with van der Waals surface area (Å²) in [4.78, 5) is 13.4. The fourth-order valence-electron chi connectivity index (χ4n) is 2.54. The van der Waals surface area contributed by atoms with Gasteiger partial charge in [-0.2, -0.15) is 0 Å². The van der Waals surface area contributed by atoms with Gasteiger partial charge in [-0.05, 0) is 30.7 Å². The lowest BCUT2D eigenvalue weighted by Gasteiger charge is -2.36.